The summed E-state index contributed by atoms with van der Waals surface area (Å²) in [7, 11) is 0. The van der Waals surface area contributed by atoms with E-state index < -0.39 is 24.1 Å². The fraction of sp³-hybridized carbons (Fsp3) is 0.280. The number of aliphatic hydroxyl groups excluding tert-OH is 1. The van der Waals surface area contributed by atoms with Crippen molar-refractivity contribution in [3.63, 3.8) is 0 Å². The summed E-state index contributed by atoms with van der Waals surface area (Å²) in [5.74, 6) is -1.38. The maximum absolute atomic E-state index is 13.6. The molecule has 33 heavy (non-hydrogen) atoms. The largest absolute Gasteiger partial charge is 0.390 e. The average molecular weight is 444 g/mol. The van der Waals surface area contributed by atoms with Crippen LogP contribution < -0.4 is 5.01 Å². The third-order valence-corrected chi connectivity index (χ3v) is 6.56. The Hall–Kier alpha value is -3.78. The summed E-state index contributed by atoms with van der Waals surface area (Å²) in [4.78, 5) is 28.1. The maximum Gasteiger partial charge on any atom is 0.255 e. The van der Waals surface area contributed by atoms with Crippen LogP contribution >= 0.6 is 0 Å². The van der Waals surface area contributed by atoms with Gasteiger partial charge in [0.25, 0.3) is 5.91 Å². The van der Waals surface area contributed by atoms with Gasteiger partial charge in [-0.3, -0.25) is 19.5 Å². The van der Waals surface area contributed by atoms with Crippen molar-refractivity contribution in [3.8, 4) is 0 Å². The van der Waals surface area contributed by atoms with Crippen LogP contribution in [0, 0.1) is 5.92 Å². The van der Waals surface area contributed by atoms with E-state index in [4.69, 9.17) is 0 Å². The van der Waals surface area contributed by atoms with E-state index in [0.29, 0.717) is 0 Å². The van der Waals surface area contributed by atoms with E-state index in [9.17, 15) is 14.7 Å². The van der Waals surface area contributed by atoms with Crippen molar-refractivity contribution in [2.24, 2.45) is 5.92 Å². The van der Waals surface area contributed by atoms with Crippen molar-refractivity contribution >= 4 is 11.8 Å². The number of aromatic nitrogens is 3. The molecule has 3 heterocycles. The van der Waals surface area contributed by atoms with Gasteiger partial charge in [0.2, 0.25) is 5.91 Å². The first kappa shape index (κ1) is 21.1. The van der Waals surface area contributed by atoms with Gasteiger partial charge in [0.1, 0.15) is 18.7 Å². The van der Waals surface area contributed by atoms with Gasteiger partial charge in [-0.05, 0) is 11.1 Å². The van der Waals surface area contributed by atoms with Crippen LogP contribution in [0.25, 0.3) is 0 Å². The monoisotopic (exact) mass is 443 g/mol. The van der Waals surface area contributed by atoms with E-state index in [1.165, 1.54) is 17.6 Å². The predicted octanol–water partition coefficient (Wildman–Crippen LogP) is 1.87. The normalized spacial score (nSPS) is 24.1. The first-order valence-electron chi connectivity index (χ1n) is 11.0. The number of hydrogen-bond acceptors (Lipinski definition) is 6. The van der Waals surface area contributed by atoms with Crippen LogP contribution in [0.4, 0.5) is 0 Å². The Bertz CT molecular complexity index is 1150. The topological polar surface area (TPSA) is 91.6 Å². The van der Waals surface area contributed by atoms with E-state index in [1.54, 1.807) is 15.8 Å². The second-order valence-electron chi connectivity index (χ2n) is 8.51. The number of nitrogens with zero attached hydrogens (tertiary/aromatic N) is 5. The molecule has 1 fully saturated rings. The van der Waals surface area contributed by atoms with Gasteiger partial charge in [-0.15, -0.1) is 10.2 Å². The van der Waals surface area contributed by atoms with Crippen LogP contribution in [0.5, 0.6) is 0 Å². The van der Waals surface area contributed by atoms with Gasteiger partial charge < -0.3 is 5.11 Å². The van der Waals surface area contributed by atoms with Gasteiger partial charge >= 0.3 is 0 Å². The first-order chi connectivity index (χ1) is 16.1. The number of amides is 2. The Morgan fingerprint density at radius 1 is 0.909 bits per heavy atom. The van der Waals surface area contributed by atoms with Crippen LogP contribution in [-0.2, 0) is 16.1 Å². The molecule has 5 unspecified atom stereocenters. The van der Waals surface area contributed by atoms with Gasteiger partial charge in [0.15, 0.2) is 0 Å². The first-order valence-corrected chi connectivity index (χ1v) is 11.0. The molecule has 2 aromatic carbocycles. The van der Waals surface area contributed by atoms with Crippen LogP contribution in [0.3, 0.4) is 0 Å². The van der Waals surface area contributed by atoms with Crippen LogP contribution in [-0.4, -0.2) is 54.9 Å². The zero-order valence-electron chi connectivity index (χ0n) is 18.2. The zero-order chi connectivity index (χ0) is 22.9. The molecule has 3 aromatic rings. The Kier molecular flexibility index (Phi) is 5.51. The lowest BCUT2D eigenvalue weighted by Crippen LogP contribution is -2.60. The molecule has 2 aliphatic heterocycles. The molecule has 1 aromatic heterocycles. The fourth-order valence-electron chi connectivity index (χ4n) is 4.76. The summed E-state index contributed by atoms with van der Waals surface area (Å²) in [6, 6.07) is 17.9. The average Bonchev–Trinajstić information content (AvgIpc) is 3.47. The molecule has 0 bridgehead atoms. The number of carbonyl (C=O) groups is 2. The van der Waals surface area contributed by atoms with E-state index >= 15 is 0 Å². The molecule has 0 saturated carbocycles. The Balaban J connectivity index is 1.49. The van der Waals surface area contributed by atoms with E-state index in [-0.39, 0.29) is 24.3 Å². The SMILES string of the molecule is CC(c1ccccc1)C(O)C1C=CC2C(=O)N(Cc3ccccc3)C(=O)C2N1n1cnnc1. The lowest BCUT2D eigenvalue weighted by Gasteiger charge is -2.42. The van der Waals surface area contributed by atoms with Crippen molar-refractivity contribution in [3.05, 3.63) is 96.6 Å². The van der Waals surface area contributed by atoms with Crippen molar-refractivity contribution in [2.45, 2.75) is 37.6 Å². The molecule has 0 spiro atoms. The number of hydrogen-bond donors (Lipinski definition) is 1. The molecular formula is C25H25N5O3. The third-order valence-electron chi connectivity index (χ3n) is 6.56. The Labute approximate surface area is 191 Å². The molecule has 8 heteroatoms. The Morgan fingerprint density at radius 3 is 2.21 bits per heavy atom. The smallest absolute Gasteiger partial charge is 0.255 e. The highest BCUT2D eigenvalue weighted by Crippen LogP contribution is 2.35. The van der Waals surface area contributed by atoms with Crippen molar-refractivity contribution < 1.29 is 14.7 Å². The highest BCUT2D eigenvalue weighted by molar-refractivity contribution is 6.09. The Morgan fingerprint density at radius 2 is 1.55 bits per heavy atom. The molecule has 5 rings (SSSR count). The van der Waals surface area contributed by atoms with E-state index in [0.717, 1.165) is 11.1 Å². The zero-order valence-corrected chi connectivity index (χ0v) is 18.2. The minimum Gasteiger partial charge on any atom is -0.390 e. The maximum atomic E-state index is 13.6. The summed E-state index contributed by atoms with van der Waals surface area (Å²) in [6.07, 6.45) is 5.73. The standard InChI is InChI=1S/C25H25N5O3/c1-17(19-10-6-3-7-11-19)23(31)21-13-12-20-22(30(21)28-15-26-27-16-28)25(33)29(24(20)32)14-18-8-4-2-5-9-18/h2-13,15-17,20-23,31H,14H2,1H3. The molecule has 1 N–H and O–H groups in total. The van der Waals surface area contributed by atoms with Gasteiger partial charge in [-0.25, -0.2) is 4.68 Å². The number of imide groups is 1. The van der Waals surface area contributed by atoms with Crippen LogP contribution in [0.2, 0.25) is 0 Å². The molecule has 5 atom stereocenters. The summed E-state index contributed by atoms with van der Waals surface area (Å²) in [5.41, 5.74) is 1.87. The highest BCUT2D eigenvalue weighted by atomic mass is 16.3. The molecule has 2 amide bonds. The van der Waals surface area contributed by atoms with E-state index in [1.807, 2.05) is 73.7 Å². The molecule has 0 aliphatic carbocycles. The minimum atomic E-state index is -0.835. The molecule has 1 saturated heterocycles. The minimum absolute atomic E-state index is 0.205. The number of likely N-dealkylation sites (tertiary alicyclic amines) is 1. The molecular weight excluding hydrogens is 418 g/mol. The van der Waals surface area contributed by atoms with Gasteiger partial charge in [-0.1, -0.05) is 79.7 Å². The number of aliphatic hydroxyl groups is 1. The predicted molar refractivity (Wildman–Crippen MR) is 121 cm³/mol. The van der Waals surface area contributed by atoms with Crippen molar-refractivity contribution in [2.75, 3.05) is 5.01 Å². The summed E-state index contributed by atoms with van der Waals surface area (Å²) in [6.45, 7) is 2.16. The van der Waals surface area contributed by atoms with Crippen molar-refractivity contribution in [1.29, 1.82) is 0 Å². The molecule has 0 radical (unpaired) electrons. The third kappa shape index (κ3) is 3.72. The highest BCUT2D eigenvalue weighted by Gasteiger charge is 2.54. The second kappa shape index (κ2) is 8.63. The van der Waals surface area contributed by atoms with Gasteiger partial charge in [-0.2, -0.15) is 0 Å². The summed E-state index contributed by atoms with van der Waals surface area (Å²) in [5, 5.41) is 20.9. The van der Waals surface area contributed by atoms with E-state index in [2.05, 4.69) is 10.2 Å². The molecule has 2 aliphatic rings. The molecule has 168 valence electrons. The number of fused-ring (bicyclic) bond motifs is 1. The van der Waals surface area contributed by atoms with Gasteiger partial charge in [0.05, 0.1) is 24.6 Å². The number of rotatable bonds is 6. The lowest BCUT2D eigenvalue weighted by molar-refractivity contribution is -0.139. The fourth-order valence-corrected chi connectivity index (χ4v) is 4.76. The van der Waals surface area contributed by atoms with Crippen LogP contribution in [0.15, 0.2) is 85.5 Å². The second-order valence-corrected chi connectivity index (χ2v) is 8.51. The quantitative estimate of drug-likeness (QED) is 0.462. The van der Waals surface area contributed by atoms with Gasteiger partial charge in [0, 0.05) is 5.92 Å². The number of carbonyl (C=O) groups excluding carboxylic acids is 2. The summed E-state index contributed by atoms with van der Waals surface area (Å²) >= 11 is 0. The van der Waals surface area contributed by atoms with Crippen LogP contribution in [0.1, 0.15) is 24.0 Å². The summed E-state index contributed by atoms with van der Waals surface area (Å²) < 4.78 is 1.60. The number of benzene rings is 2. The molecule has 8 nitrogen and oxygen atoms in total. The van der Waals surface area contributed by atoms with Crippen molar-refractivity contribution in [1.82, 2.24) is 19.8 Å². The lowest BCUT2D eigenvalue weighted by atomic mass is 9.86.